The third-order valence-corrected chi connectivity index (χ3v) is 7.49. The average molecular weight is 386 g/mol. The summed E-state index contributed by atoms with van der Waals surface area (Å²) in [7, 11) is -7.98. The monoisotopic (exact) mass is 386 g/mol. The Kier molecular flexibility index (Phi) is 12.8. The highest BCUT2D eigenvalue weighted by atomic mass is 31.2. The van der Waals surface area contributed by atoms with Crippen LogP contribution in [0.15, 0.2) is 0 Å². The Labute approximate surface area is 147 Å². The summed E-state index contributed by atoms with van der Waals surface area (Å²) < 4.78 is 35.2. The molecule has 0 aliphatic heterocycles. The Morgan fingerprint density at radius 2 is 1.58 bits per heavy atom. The van der Waals surface area contributed by atoms with Gasteiger partial charge in [0.1, 0.15) is 0 Å². The van der Waals surface area contributed by atoms with Gasteiger partial charge in [-0.2, -0.15) is 0 Å². The minimum absolute atomic E-state index is 0.176. The van der Waals surface area contributed by atoms with Crippen molar-refractivity contribution in [3.63, 3.8) is 0 Å². The lowest BCUT2D eigenvalue weighted by Crippen LogP contribution is -2.15. The molecular formula is C16H36O6P2. The van der Waals surface area contributed by atoms with Crippen LogP contribution in [-0.4, -0.2) is 28.4 Å². The molecule has 146 valence electrons. The molecule has 0 aliphatic rings. The second kappa shape index (κ2) is 12.6. The van der Waals surface area contributed by atoms with Crippen molar-refractivity contribution in [2.24, 2.45) is 5.92 Å². The normalized spacial score (nSPS) is 17.4. The van der Waals surface area contributed by atoms with E-state index >= 15 is 0 Å². The van der Waals surface area contributed by atoms with E-state index in [9.17, 15) is 18.9 Å². The van der Waals surface area contributed by atoms with Crippen LogP contribution in [0.4, 0.5) is 0 Å². The minimum Gasteiger partial charge on any atom is -0.323 e. The quantitative estimate of drug-likeness (QED) is 0.284. The highest BCUT2D eigenvalue weighted by molar-refractivity contribution is 7.56. The first kappa shape index (κ1) is 24.3. The third-order valence-electron chi connectivity index (χ3n) is 4.10. The first-order chi connectivity index (χ1) is 11.2. The van der Waals surface area contributed by atoms with Gasteiger partial charge in [-0.25, -0.2) is 0 Å². The summed E-state index contributed by atoms with van der Waals surface area (Å²) in [5.41, 5.74) is 0. The molecule has 0 bridgehead atoms. The number of hydrogen-bond donors (Lipinski definition) is 2. The fourth-order valence-electron chi connectivity index (χ4n) is 2.39. The Balaban J connectivity index is 4.84. The molecule has 0 aromatic carbocycles. The van der Waals surface area contributed by atoms with Gasteiger partial charge in [0.2, 0.25) is 0 Å². The molecule has 0 radical (unpaired) electrons. The van der Waals surface area contributed by atoms with Crippen molar-refractivity contribution in [3.05, 3.63) is 0 Å². The highest BCUT2D eigenvalue weighted by Crippen LogP contribution is 2.57. The predicted octanol–water partition coefficient (Wildman–Crippen LogP) is 5.53. The van der Waals surface area contributed by atoms with Gasteiger partial charge in [0.25, 0.3) is 0 Å². The molecule has 8 heteroatoms. The first-order valence-electron chi connectivity index (χ1n) is 9.15. The summed E-state index contributed by atoms with van der Waals surface area (Å²) in [6.45, 7) is 7.79. The molecule has 0 saturated heterocycles. The third kappa shape index (κ3) is 11.0. The lowest BCUT2D eigenvalue weighted by atomic mass is 10.0. The maximum absolute atomic E-state index is 13.0. The molecule has 3 atom stereocenters. The molecule has 3 unspecified atom stereocenters. The fourth-order valence-corrected chi connectivity index (χ4v) is 5.51. The van der Waals surface area contributed by atoms with Gasteiger partial charge in [0.15, 0.2) is 5.85 Å². The van der Waals surface area contributed by atoms with Crippen molar-refractivity contribution in [1.29, 1.82) is 0 Å². The average Bonchev–Trinajstić information content (AvgIpc) is 2.50. The zero-order chi connectivity index (χ0) is 18.6. The Bertz CT molecular complexity index is 409. The largest absolute Gasteiger partial charge is 0.354 e. The molecule has 0 rings (SSSR count). The van der Waals surface area contributed by atoms with Crippen LogP contribution in [0.1, 0.15) is 79.1 Å². The zero-order valence-corrected chi connectivity index (χ0v) is 17.4. The van der Waals surface area contributed by atoms with Gasteiger partial charge in [-0.1, -0.05) is 59.3 Å². The summed E-state index contributed by atoms with van der Waals surface area (Å²) in [6.07, 6.45) is 8.01. The van der Waals surface area contributed by atoms with E-state index in [2.05, 4.69) is 13.8 Å². The Morgan fingerprint density at radius 1 is 0.958 bits per heavy atom. The maximum Gasteiger partial charge on any atom is 0.354 e. The molecule has 24 heavy (non-hydrogen) atoms. The van der Waals surface area contributed by atoms with Crippen LogP contribution < -0.4 is 0 Å². The van der Waals surface area contributed by atoms with Crippen molar-refractivity contribution in [2.75, 3.05) is 12.8 Å². The molecule has 0 saturated carbocycles. The van der Waals surface area contributed by atoms with Crippen LogP contribution in [0.3, 0.4) is 0 Å². The van der Waals surface area contributed by atoms with Crippen molar-refractivity contribution in [2.45, 2.75) is 84.9 Å². The van der Waals surface area contributed by atoms with Gasteiger partial charge >= 0.3 is 15.2 Å². The van der Waals surface area contributed by atoms with E-state index in [0.717, 1.165) is 51.4 Å². The molecule has 0 heterocycles. The van der Waals surface area contributed by atoms with Crippen LogP contribution in [-0.2, 0) is 18.2 Å². The lowest BCUT2D eigenvalue weighted by Gasteiger charge is -2.26. The highest BCUT2D eigenvalue weighted by Gasteiger charge is 2.36. The standard InChI is InChI=1S/C16H36O6P2/c1-5-8-10-11-13-21-23(17,22-15(4)24(18,19)20)14-16(7-3)12-9-6-2/h15-16H,5-14H2,1-4H3,(H2,18,19,20). The number of unbranched alkanes of at least 4 members (excludes halogenated alkanes) is 4. The molecule has 0 amide bonds. The topological polar surface area (TPSA) is 93.1 Å². The van der Waals surface area contributed by atoms with Crippen molar-refractivity contribution in [3.8, 4) is 0 Å². The summed E-state index contributed by atoms with van der Waals surface area (Å²) >= 11 is 0. The van der Waals surface area contributed by atoms with Crippen LogP contribution in [0.25, 0.3) is 0 Å². The summed E-state index contributed by atoms with van der Waals surface area (Å²) in [5, 5.41) is 0. The van der Waals surface area contributed by atoms with Crippen molar-refractivity contribution >= 4 is 15.2 Å². The Hall–Kier alpha value is 0.300. The summed E-state index contributed by atoms with van der Waals surface area (Å²) in [6, 6.07) is 0. The minimum atomic E-state index is -4.45. The predicted molar refractivity (Wildman–Crippen MR) is 98.5 cm³/mol. The van der Waals surface area contributed by atoms with Crippen LogP contribution >= 0.6 is 15.2 Å². The SMILES string of the molecule is CCCCCCOP(=O)(CC(CC)CCCC)OC(C)P(=O)(O)O. The van der Waals surface area contributed by atoms with Gasteiger partial charge in [0.05, 0.1) is 12.8 Å². The van der Waals surface area contributed by atoms with Gasteiger partial charge in [-0.05, 0) is 25.7 Å². The van der Waals surface area contributed by atoms with Gasteiger partial charge in [0, 0.05) is 0 Å². The fraction of sp³-hybridized carbons (Fsp3) is 1.00. The van der Waals surface area contributed by atoms with E-state index in [1.54, 1.807) is 0 Å². The molecule has 6 nitrogen and oxygen atoms in total. The van der Waals surface area contributed by atoms with Crippen LogP contribution in [0.2, 0.25) is 0 Å². The summed E-state index contributed by atoms with van der Waals surface area (Å²) in [5.74, 6) is -1.24. The van der Waals surface area contributed by atoms with E-state index in [1.807, 2.05) is 6.92 Å². The number of rotatable bonds is 15. The van der Waals surface area contributed by atoms with Gasteiger partial charge < -0.3 is 14.3 Å². The van der Waals surface area contributed by atoms with Gasteiger partial charge in [-0.3, -0.25) is 13.7 Å². The van der Waals surface area contributed by atoms with E-state index in [0.29, 0.717) is 6.61 Å². The smallest absolute Gasteiger partial charge is 0.323 e. The van der Waals surface area contributed by atoms with Crippen molar-refractivity contribution in [1.82, 2.24) is 0 Å². The number of hydrogen-bond acceptors (Lipinski definition) is 4. The van der Waals surface area contributed by atoms with Crippen LogP contribution in [0.5, 0.6) is 0 Å². The van der Waals surface area contributed by atoms with Gasteiger partial charge in [-0.15, -0.1) is 0 Å². The van der Waals surface area contributed by atoms with E-state index in [4.69, 9.17) is 9.05 Å². The molecule has 0 spiro atoms. The van der Waals surface area contributed by atoms with E-state index in [-0.39, 0.29) is 12.1 Å². The molecule has 2 N–H and O–H groups in total. The molecule has 0 fully saturated rings. The van der Waals surface area contributed by atoms with Crippen molar-refractivity contribution < 1.29 is 28.0 Å². The summed E-state index contributed by atoms with van der Waals surface area (Å²) in [4.78, 5) is 18.5. The second-order valence-electron chi connectivity index (χ2n) is 6.40. The second-order valence-corrected chi connectivity index (χ2v) is 10.4. The molecule has 0 aromatic heterocycles. The maximum atomic E-state index is 13.0. The first-order valence-corrected chi connectivity index (χ1v) is 12.6. The molecule has 0 aliphatic carbocycles. The Morgan fingerprint density at radius 3 is 2.08 bits per heavy atom. The van der Waals surface area contributed by atoms with E-state index < -0.39 is 21.0 Å². The molecule has 0 aromatic rings. The lowest BCUT2D eigenvalue weighted by molar-refractivity contribution is 0.169. The molecular weight excluding hydrogens is 350 g/mol. The zero-order valence-electron chi connectivity index (χ0n) is 15.6. The van der Waals surface area contributed by atoms with Crippen LogP contribution in [0, 0.1) is 5.92 Å². The van der Waals surface area contributed by atoms with E-state index in [1.165, 1.54) is 6.92 Å².